The second-order valence-corrected chi connectivity index (χ2v) is 6.91. The van der Waals surface area contributed by atoms with Gasteiger partial charge in [-0.15, -0.1) is 11.3 Å². The molecule has 0 bridgehead atoms. The first-order valence-electron chi connectivity index (χ1n) is 7.27. The van der Waals surface area contributed by atoms with Crippen molar-refractivity contribution in [2.45, 2.75) is 39.2 Å². The number of hydrogen-bond acceptors (Lipinski definition) is 3. The predicted molar refractivity (Wildman–Crippen MR) is 78.9 cm³/mol. The third-order valence-corrected chi connectivity index (χ3v) is 5.45. The lowest BCUT2D eigenvalue weighted by Gasteiger charge is -2.34. The van der Waals surface area contributed by atoms with Gasteiger partial charge in [0.25, 0.3) is 5.91 Å². The topological polar surface area (TPSA) is 32.3 Å². The van der Waals surface area contributed by atoms with Crippen LogP contribution in [-0.2, 0) is 12.8 Å². The van der Waals surface area contributed by atoms with Crippen LogP contribution in [0.1, 0.15) is 41.1 Å². The van der Waals surface area contributed by atoms with Crippen LogP contribution in [-0.4, -0.2) is 36.5 Å². The summed E-state index contributed by atoms with van der Waals surface area (Å²) < 4.78 is 0. The number of fused-ring (bicyclic) bond motifs is 1. The molecule has 1 amide bonds. The maximum absolute atomic E-state index is 12.7. The minimum Gasteiger partial charge on any atom is -0.333 e. The Bertz CT molecular complexity index is 482. The van der Waals surface area contributed by atoms with Gasteiger partial charge in [-0.2, -0.15) is 0 Å². The summed E-state index contributed by atoms with van der Waals surface area (Å²) in [5.74, 6) is 1.02. The van der Waals surface area contributed by atoms with Crippen molar-refractivity contribution in [3.8, 4) is 0 Å². The van der Waals surface area contributed by atoms with E-state index in [1.54, 1.807) is 11.3 Å². The number of hydrogen-bond donors (Lipinski definition) is 1. The van der Waals surface area contributed by atoms with Gasteiger partial charge in [-0.1, -0.05) is 6.92 Å². The molecule has 1 unspecified atom stereocenters. The van der Waals surface area contributed by atoms with Gasteiger partial charge in [0.05, 0.1) is 5.56 Å². The molecule has 19 heavy (non-hydrogen) atoms. The van der Waals surface area contributed by atoms with Crippen molar-refractivity contribution >= 4 is 17.2 Å². The molecular weight excluding hydrogens is 256 g/mol. The average molecular weight is 278 g/mol. The highest BCUT2D eigenvalue weighted by Gasteiger charge is 2.29. The molecule has 0 radical (unpaired) electrons. The molecule has 1 aliphatic heterocycles. The number of carbonyl (C=O) groups is 1. The number of nitrogens with zero attached hydrogens (tertiary/aromatic N) is 1. The third-order valence-electron chi connectivity index (χ3n) is 4.39. The molecule has 2 atom stereocenters. The Morgan fingerprint density at radius 1 is 1.47 bits per heavy atom. The number of piperazine rings is 1. The molecule has 104 valence electrons. The van der Waals surface area contributed by atoms with Crippen LogP contribution < -0.4 is 5.32 Å². The SMILES string of the molecule is CC1CCc2c(C(=O)N3CCNC[C@H]3C)csc2C1. The van der Waals surface area contributed by atoms with Crippen LogP contribution in [0.2, 0.25) is 0 Å². The fraction of sp³-hybridized carbons (Fsp3) is 0.667. The van der Waals surface area contributed by atoms with Gasteiger partial charge in [0, 0.05) is 35.9 Å². The van der Waals surface area contributed by atoms with Gasteiger partial charge in [0.15, 0.2) is 0 Å². The quantitative estimate of drug-likeness (QED) is 0.855. The van der Waals surface area contributed by atoms with E-state index in [1.807, 2.05) is 4.90 Å². The summed E-state index contributed by atoms with van der Waals surface area (Å²) in [5, 5.41) is 5.44. The minimum absolute atomic E-state index is 0.251. The zero-order chi connectivity index (χ0) is 13.4. The fourth-order valence-corrected chi connectivity index (χ4v) is 4.39. The van der Waals surface area contributed by atoms with E-state index in [1.165, 1.54) is 16.9 Å². The van der Waals surface area contributed by atoms with E-state index < -0.39 is 0 Å². The van der Waals surface area contributed by atoms with Crippen LogP contribution in [0, 0.1) is 5.92 Å². The van der Waals surface area contributed by atoms with E-state index in [0.29, 0.717) is 6.04 Å². The van der Waals surface area contributed by atoms with E-state index in [-0.39, 0.29) is 5.91 Å². The number of rotatable bonds is 1. The van der Waals surface area contributed by atoms with Crippen molar-refractivity contribution < 1.29 is 4.79 Å². The van der Waals surface area contributed by atoms with Gasteiger partial charge in [0.2, 0.25) is 0 Å². The van der Waals surface area contributed by atoms with Crippen LogP contribution in [0.4, 0.5) is 0 Å². The first-order chi connectivity index (χ1) is 9.16. The van der Waals surface area contributed by atoms with Gasteiger partial charge in [-0.25, -0.2) is 0 Å². The Morgan fingerprint density at radius 2 is 2.32 bits per heavy atom. The summed E-state index contributed by atoms with van der Waals surface area (Å²) in [6.07, 6.45) is 3.47. The molecule has 4 heteroatoms. The summed E-state index contributed by atoms with van der Waals surface area (Å²) in [5.41, 5.74) is 2.33. The Hall–Kier alpha value is -0.870. The van der Waals surface area contributed by atoms with E-state index in [9.17, 15) is 4.79 Å². The Balaban J connectivity index is 1.84. The zero-order valence-electron chi connectivity index (χ0n) is 11.7. The van der Waals surface area contributed by atoms with Gasteiger partial charge in [-0.3, -0.25) is 4.79 Å². The normalized spacial score (nSPS) is 27.2. The monoisotopic (exact) mass is 278 g/mol. The molecular formula is C15H22N2OS. The molecule has 1 aromatic rings. The van der Waals surface area contributed by atoms with Gasteiger partial charge in [0.1, 0.15) is 0 Å². The van der Waals surface area contributed by atoms with Gasteiger partial charge in [-0.05, 0) is 37.7 Å². The average Bonchev–Trinajstić information content (AvgIpc) is 2.81. The van der Waals surface area contributed by atoms with Crippen molar-refractivity contribution in [1.82, 2.24) is 10.2 Å². The Morgan fingerprint density at radius 3 is 3.11 bits per heavy atom. The third kappa shape index (κ3) is 2.43. The highest BCUT2D eigenvalue weighted by Crippen LogP contribution is 2.33. The molecule has 1 saturated heterocycles. The van der Waals surface area contributed by atoms with Crippen LogP contribution in [0.5, 0.6) is 0 Å². The second kappa shape index (κ2) is 5.25. The fourth-order valence-electron chi connectivity index (χ4n) is 3.15. The standard InChI is InChI=1S/C15H22N2OS/c1-10-3-4-12-13(9-19-14(12)7-10)15(18)17-6-5-16-8-11(17)2/h9-11,16H,3-8H2,1-2H3/t10?,11-/m1/s1. The van der Waals surface area contributed by atoms with Gasteiger partial charge < -0.3 is 10.2 Å². The number of amides is 1. The van der Waals surface area contributed by atoms with Crippen LogP contribution in [0.15, 0.2) is 5.38 Å². The molecule has 1 aromatic heterocycles. The molecule has 0 aromatic carbocycles. The molecule has 0 spiro atoms. The summed E-state index contributed by atoms with van der Waals surface area (Å²) in [6, 6.07) is 0.305. The lowest BCUT2D eigenvalue weighted by atomic mass is 9.88. The van der Waals surface area contributed by atoms with E-state index in [0.717, 1.165) is 44.0 Å². The van der Waals surface area contributed by atoms with Crippen molar-refractivity contribution in [2.24, 2.45) is 5.92 Å². The lowest BCUT2D eigenvalue weighted by Crippen LogP contribution is -2.52. The molecule has 1 N–H and O–H groups in total. The van der Waals surface area contributed by atoms with E-state index in [4.69, 9.17) is 0 Å². The Labute approximate surface area is 119 Å². The highest BCUT2D eigenvalue weighted by molar-refractivity contribution is 7.10. The maximum Gasteiger partial charge on any atom is 0.255 e. The van der Waals surface area contributed by atoms with Crippen LogP contribution >= 0.6 is 11.3 Å². The summed E-state index contributed by atoms with van der Waals surface area (Å²) in [4.78, 5) is 16.2. The molecule has 1 aliphatic carbocycles. The second-order valence-electron chi connectivity index (χ2n) is 5.95. The van der Waals surface area contributed by atoms with Gasteiger partial charge >= 0.3 is 0 Å². The van der Waals surface area contributed by atoms with Crippen LogP contribution in [0.3, 0.4) is 0 Å². The summed E-state index contributed by atoms with van der Waals surface area (Å²) >= 11 is 1.79. The number of carbonyl (C=O) groups excluding carboxylic acids is 1. The van der Waals surface area contributed by atoms with Crippen molar-refractivity contribution in [3.63, 3.8) is 0 Å². The molecule has 2 aliphatic rings. The molecule has 3 rings (SSSR count). The zero-order valence-corrected chi connectivity index (χ0v) is 12.6. The van der Waals surface area contributed by atoms with Crippen molar-refractivity contribution in [3.05, 3.63) is 21.4 Å². The molecule has 3 nitrogen and oxygen atoms in total. The molecule has 1 fully saturated rings. The Kier molecular flexibility index (Phi) is 3.63. The minimum atomic E-state index is 0.251. The number of nitrogens with one attached hydrogen (secondary N) is 1. The van der Waals surface area contributed by atoms with E-state index in [2.05, 4.69) is 24.5 Å². The lowest BCUT2D eigenvalue weighted by molar-refractivity contribution is 0.0655. The van der Waals surface area contributed by atoms with Crippen molar-refractivity contribution in [1.29, 1.82) is 0 Å². The number of thiophene rings is 1. The van der Waals surface area contributed by atoms with Crippen LogP contribution in [0.25, 0.3) is 0 Å². The molecule has 2 heterocycles. The predicted octanol–water partition coefficient (Wildman–Crippen LogP) is 2.31. The van der Waals surface area contributed by atoms with E-state index >= 15 is 0 Å². The highest BCUT2D eigenvalue weighted by atomic mass is 32.1. The summed E-state index contributed by atoms with van der Waals surface area (Å²) in [6.45, 7) is 7.10. The first kappa shape index (κ1) is 13.1. The largest absolute Gasteiger partial charge is 0.333 e. The summed E-state index contributed by atoms with van der Waals surface area (Å²) in [7, 11) is 0. The maximum atomic E-state index is 12.7. The first-order valence-corrected chi connectivity index (χ1v) is 8.15. The smallest absolute Gasteiger partial charge is 0.255 e. The molecule has 0 saturated carbocycles. The van der Waals surface area contributed by atoms with Crippen molar-refractivity contribution in [2.75, 3.05) is 19.6 Å².